The van der Waals surface area contributed by atoms with Crippen molar-refractivity contribution in [2.75, 3.05) is 25.5 Å². The van der Waals surface area contributed by atoms with Crippen LogP contribution in [0.15, 0.2) is 24.3 Å². The number of hydrogen-bond acceptors (Lipinski definition) is 5. The van der Waals surface area contributed by atoms with Crippen LogP contribution in [0.5, 0.6) is 5.75 Å². The van der Waals surface area contributed by atoms with E-state index in [1.807, 2.05) is 24.3 Å². The van der Waals surface area contributed by atoms with E-state index in [9.17, 15) is 0 Å². The highest BCUT2D eigenvalue weighted by Gasteiger charge is 2.16. The maximum Gasteiger partial charge on any atom is 0.224 e. The predicted molar refractivity (Wildman–Crippen MR) is 83.6 cm³/mol. The van der Waals surface area contributed by atoms with Gasteiger partial charge in [-0.15, -0.1) is 0 Å². The van der Waals surface area contributed by atoms with Crippen LogP contribution in [0, 0.1) is 0 Å². The van der Waals surface area contributed by atoms with E-state index in [2.05, 4.69) is 20.6 Å². The number of aromatic nitrogens is 2. The average molecular weight is 305 g/mol. The van der Waals surface area contributed by atoms with Crippen molar-refractivity contribution in [2.24, 2.45) is 0 Å². The van der Waals surface area contributed by atoms with Crippen LogP contribution in [0.3, 0.4) is 0 Å². The topological polar surface area (TPSA) is 59.1 Å². The van der Waals surface area contributed by atoms with Gasteiger partial charge in [0.1, 0.15) is 11.6 Å². The standard InChI is InChI=1S/C15H17ClN4O/c1-21-11-4-2-3-10(9-11)18-14-12-5-7-17-8-6-13(12)19-15(16)20-14/h2-4,9,17H,5-8H2,1H3,(H,18,19,20). The zero-order valence-corrected chi connectivity index (χ0v) is 12.6. The summed E-state index contributed by atoms with van der Waals surface area (Å²) < 4.78 is 5.24. The van der Waals surface area contributed by atoms with Gasteiger partial charge in [-0.1, -0.05) is 6.07 Å². The molecule has 0 bridgehead atoms. The maximum absolute atomic E-state index is 6.05. The molecule has 0 aliphatic carbocycles. The van der Waals surface area contributed by atoms with Gasteiger partial charge in [-0.25, -0.2) is 9.97 Å². The molecule has 0 amide bonds. The third kappa shape index (κ3) is 3.25. The van der Waals surface area contributed by atoms with E-state index < -0.39 is 0 Å². The molecule has 1 aliphatic rings. The van der Waals surface area contributed by atoms with Gasteiger partial charge in [-0.2, -0.15) is 0 Å². The second-order valence-electron chi connectivity index (χ2n) is 4.87. The van der Waals surface area contributed by atoms with Crippen molar-refractivity contribution in [1.29, 1.82) is 0 Å². The fraction of sp³-hybridized carbons (Fsp3) is 0.333. The number of rotatable bonds is 3. The molecule has 2 aromatic rings. The zero-order valence-electron chi connectivity index (χ0n) is 11.8. The summed E-state index contributed by atoms with van der Waals surface area (Å²) in [7, 11) is 1.65. The molecule has 0 unspecified atom stereocenters. The number of halogens is 1. The van der Waals surface area contributed by atoms with Crippen molar-refractivity contribution in [3.8, 4) is 5.75 Å². The Morgan fingerprint density at radius 2 is 2.10 bits per heavy atom. The molecule has 21 heavy (non-hydrogen) atoms. The average Bonchev–Trinajstić information content (AvgIpc) is 2.73. The SMILES string of the molecule is COc1cccc(Nc2nc(Cl)nc3c2CCNCC3)c1. The van der Waals surface area contributed by atoms with Gasteiger partial charge >= 0.3 is 0 Å². The molecule has 1 aliphatic heterocycles. The van der Waals surface area contributed by atoms with Crippen molar-refractivity contribution in [1.82, 2.24) is 15.3 Å². The Bertz CT molecular complexity index is 648. The number of fused-ring (bicyclic) bond motifs is 1. The summed E-state index contributed by atoms with van der Waals surface area (Å²) in [6.45, 7) is 1.84. The van der Waals surface area contributed by atoms with Gasteiger partial charge in [0, 0.05) is 30.3 Å². The third-order valence-corrected chi connectivity index (χ3v) is 3.66. The van der Waals surface area contributed by atoms with Crippen LogP contribution in [0.4, 0.5) is 11.5 Å². The van der Waals surface area contributed by atoms with E-state index in [1.54, 1.807) is 7.11 Å². The molecular formula is C15H17ClN4O. The summed E-state index contributed by atoms with van der Waals surface area (Å²) in [6.07, 6.45) is 1.75. The van der Waals surface area contributed by atoms with Crippen LogP contribution in [0.1, 0.15) is 11.3 Å². The second kappa shape index (κ2) is 6.28. The summed E-state index contributed by atoms with van der Waals surface area (Å²) in [6, 6.07) is 7.74. The molecule has 5 nitrogen and oxygen atoms in total. The summed E-state index contributed by atoms with van der Waals surface area (Å²) >= 11 is 6.05. The number of nitrogens with one attached hydrogen (secondary N) is 2. The summed E-state index contributed by atoms with van der Waals surface area (Å²) in [5.74, 6) is 1.58. The minimum atomic E-state index is 0.279. The highest BCUT2D eigenvalue weighted by molar-refractivity contribution is 6.28. The van der Waals surface area contributed by atoms with E-state index in [-0.39, 0.29) is 5.28 Å². The minimum absolute atomic E-state index is 0.279. The Balaban J connectivity index is 1.95. The highest BCUT2D eigenvalue weighted by Crippen LogP contribution is 2.26. The number of anilines is 2. The fourth-order valence-electron chi connectivity index (χ4n) is 2.46. The smallest absolute Gasteiger partial charge is 0.224 e. The van der Waals surface area contributed by atoms with Crippen molar-refractivity contribution >= 4 is 23.1 Å². The molecule has 0 saturated heterocycles. The molecule has 0 radical (unpaired) electrons. The van der Waals surface area contributed by atoms with Crippen LogP contribution in [0.25, 0.3) is 0 Å². The van der Waals surface area contributed by atoms with E-state index in [4.69, 9.17) is 16.3 Å². The minimum Gasteiger partial charge on any atom is -0.497 e. The lowest BCUT2D eigenvalue weighted by molar-refractivity contribution is 0.415. The largest absolute Gasteiger partial charge is 0.497 e. The van der Waals surface area contributed by atoms with Gasteiger partial charge in [0.2, 0.25) is 5.28 Å². The zero-order chi connectivity index (χ0) is 14.7. The van der Waals surface area contributed by atoms with Crippen molar-refractivity contribution in [2.45, 2.75) is 12.8 Å². The Hall–Kier alpha value is -1.85. The molecule has 6 heteroatoms. The molecule has 2 N–H and O–H groups in total. The van der Waals surface area contributed by atoms with Crippen LogP contribution >= 0.6 is 11.6 Å². The van der Waals surface area contributed by atoms with Gasteiger partial charge < -0.3 is 15.4 Å². The monoisotopic (exact) mass is 304 g/mol. The van der Waals surface area contributed by atoms with E-state index >= 15 is 0 Å². The van der Waals surface area contributed by atoms with E-state index in [0.717, 1.165) is 54.4 Å². The van der Waals surface area contributed by atoms with Crippen LogP contribution < -0.4 is 15.4 Å². The Kier molecular flexibility index (Phi) is 4.22. The van der Waals surface area contributed by atoms with Crippen molar-refractivity contribution in [3.05, 3.63) is 40.8 Å². The van der Waals surface area contributed by atoms with Crippen LogP contribution in [-0.4, -0.2) is 30.2 Å². The van der Waals surface area contributed by atoms with Crippen molar-refractivity contribution < 1.29 is 4.74 Å². The lowest BCUT2D eigenvalue weighted by Gasteiger charge is -2.13. The molecule has 0 saturated carbocycles. The van der Waals surface area contributed by atoms with Gasteiger partial charge in [-0.05, 0) is 36.7 Å². The number of benzene rings is 1. The quantitative estimate of drug-likeness (QED) is 0.854. The van der Waals surface area contributed by atoms with Crippen molar-refractivity contribution in [3.63, 3.8) is 0 Å². The van der Waals surface area contributed by atoms with Gasteiger partial charge in [-0.3, -0.25) is 0 Å². The first-order valence-corrected chi connectivity index (χ1v) is 7.31. The molecule has 1 aromatic carbocycles. The number of methoxy groups -OCH3 is 1. The predicted octanol–water partition coefficient (Wildman–Crippen LogP) is 2.57. The Labute approximate surface area is 128 Å². The second-order valence-corrected chi connectivity index (χ2v) is 5.21. The molecule has 0 fully saturated rings. The molecule has 3 rings (SSSR count). The normalized spacial score (nSPS) is 14.2. The molecule has 0 atom stereocenters. The Morgan fingerprint density at radius 1 is 1.24 bits per heavy atom. The van der Waals surface area contributed by atoms with E-state index in [1.165, 1.54) is 0 Å². The highest BCUT2D eigenvalue weighted by atomic mass is 35.5. The number of hydrogen-bond donors (Lipinski definition) is 2. The fourth-order valence-corrected chi connectivity index (χ4v) is 2.64. The van der Waals surface area contributed by atoms with Gasteiger partial charge in [0.25, 0.3) is 0 Å². The lowest BCUT2D eigenvalue weighted by atomic mass is 10.1. The first-order chi connectivity index (χ1) is 10.3. The van der Waals surface area contributed by atoms with Crippen LogP contribution in [0.2, 0.25) is 5.28 Å². The summed E-state index contributed by atoms with van der Waals surface area (Å²) in [5, 5.41) is 6.98. The third-order valence-electron chi connectivity index (χ3n) is 3.49. The van der Waals surface area contributed by atoms with E-state index in [0.29, 0.717) is 0 Å². The summed E-state index contributed by atoms with van der Waals surface area (Å²) in [4.78, 5) is 8.71. The maximum atomic E-state index is 6.05. The summed E-state index contributed by atoms with van der Waals surface area (Å²) in [5.41, 5.74) is 3.07. The number of nitrogens with zero attached hydrogens (tertiary/aromatic N) is 2. The molecule has 1 aromatic heterocycles. The molecule has 110 valence electrons. The first kappa shape index (κ1) is 14.1. The van der Waals surface area contributed by atoms with Crippen LogP contribution in [-0.2, 0) is 12.8 Å². The van der Waals surface area contributed by atoms with Gasteiger partial charge in [0.15, 0.2) is 0 Å². The molecule has 0 spiro atoms. The molecular weight excluding hydrogens is 288 g/mol. The number of ether oxygens (including phenoxy) is 1. The van der Waals surface area contributed by atoms with Gasteiger partial charge in [0.05, 0.1) is 12.8 Å². The Morgan fingerprint density at radius 3 is 2.95 bits per heavy atom. The lowest BCUT2D eigenvalue weighted by Crippen LogP contribution is -2.16. The molecule has 2 heterocycles. The first-order valence-electron chi connectivity index (χ1n) is 6.93.